The molecular formula is C13H15FO3. The molecule has 0 N–H and O–H groups in total. The van der Waals surface area contributed by atoms with Crippen LogP contribution in [-0.4, -0.2) is 24.5 Å². The molecule has 0 heterocycles. The molecule has 0 aromatic heterocycles. The summed E-state index contributed by atoms with van der Waals surface area (Å²) in [6.07, 6.45) is -0.951. The van der Waals surface area contributed by atoms with Crippen molar-refractivity contribution in [2.24, 2.45) is 0 Å². The highest BCUT2D eigenvalue weighted by Gasteiger charge is 2.20. The van der Waals surface area contributed by atoms with Crippen LogP contribution in [-0.2, 0) is 16.0 Å². The summed E-state index contributed by atoms with van der Waals surface area (Å²) in [7, 11) is 0. The predicted octanol–water partition coefficient (Wildman–Crippen LogP) is 2.33. The van der Waals surface area contributed by atoms with Gasteiger partial charge in [-0.15, -0.1) is 0 Å². The van der Waals surface area contributed by atoms with Crippen LogP contribution in [0.3, 0.4) is 0 Å². The summed E-state index contributed by atoms with van der Waals surface area (Å²) in [5.41, 5.74) is 0.746. The van der Waals surface area contributed by atoms with Gasteiger partial charge in [-0.3, -0.25) is 4.79 Å². The lowest BCUT2D eigenvalue weighted by atomic mass is 9.99. The second-order valence-electron chi connectivity index (χ2n) is 3.69. The summed E-state index contributed by atoms with van der Waals surface area (Å²) in [6, 6.07) is 6.50. The Kier molecular flexibility index (Phi) is 4.82. The van der Waals surface area contributed by atoms with Crippen molar-refractivity contribution in [2.75, 3.05) is 6.61 Å². The third-order valence-corrected chi connectivity index (χ3v) is 2.22. The van der Waals surface area contributed by atoms with Crippen molar-refractivity contribution in [3.63, 3.8) is 0 Å². The molecule has 1 aromatic rings. The van der Waals surface area contributed by atoms with Gasteiger partial charge in [-0.2, -0.15) is 0 Å². The van der Waals surface area contributed by atoms with Crippen LogP contribution in [0.25, 0.3) is 0 Å². The fraction of sp³-hybridized carbons (Fsp3) is 0.385. The highest BCUT2D eigenvalue weighted by atomic mass is 19.1. The van der Waals surface area contributed by atoms with Gasteiger partial charge in [0.25, 0.3) is 5.78 Å². The van der Waals surface area contributed by atoms with Crippen LogP contribution < -0.4 is 0 Å². The summed E-state index contributed by atoms with van der Waals surface area (Å²) >= 11 is 0. The van der Waals surface area contributed by atoms with Gasteiger partial charge in [0.2, 0.25) is 0 Å². The van der Waals surface area contributed by atoms with Gasteiger partial charge in [-0.05, 0) is 19.4 Å². The van der Waals surface area contributed by atoms with Crippen molar-refractivity contribution in [3.05, 3.63) is 35.4 Å². The molecule has 0 fully saturated rings. The molecule has 0 radical (unpaired) electrons. The van der Waals surface area contributed by atoms with Crippen LogP contribution in [0.4, 0.5) is 4.39 Å². The third-order valence-electron chi connectivity index (χ3n) is 2.22. The van der Waals surface area contributed by atoms with Crippen LogP contribution >= 0.6 is 0 Å². The van der Waals surface area contributed by atoms with Gasteiger partial charge in [-0.1, -0.05) is 24.3 Å². The van der Waals surface area contributed by atoms with E-state index in [1.54, 1.807) is 25.1 Å². The maximum Gasteiger partial charge on any atom is 0.379 e. The Morgan fingerprint density at radius 1 is 1.35 bits per heavy atom. The van der Waals surface area contributed by atoms with E-state index < -0.39 is 17.9 Å². The number of hydrogen-bond acceptors (Lipinski definition) is 3. The van der Waals surface area contributed by atoms with Crippen LogP contribution in [0.1, 0.15) is 29.8 Å². The average molecular weight is 238 g/mol. The van der Waals surface area contributed by atoms with Crippen LogP contribution in [0.5, 0.6) is 0 Å². The average Bonchev–Trinajstić information content (AvgIpc) is 2.28. The molecule has 17 heavy (non-hydrogen) atoms. The molecular weight excluding hydrogens is 223 g/mol. The molecule has 3 nitrogen and oxygen atoms in total. The minimum Gasteiger partial charge on any atom is -0.460 e. The van der Waals surface area contributed by atoms with E-state index in [-0.39, 0.29) is 18.6 Å². The first kappa shape index (κ1) is 13.4. The number of esters is 1. The molecule has 1 aromatic carbocycles. The van der Waals surface area contributed by atoms with E-state index in [1.165, 1.54) is 13.0 Å². The molecule has 0 aliphatic rings. The first-order valence-corrected chi connectivity index (χ1v) is 5.49. The van der Waals surface area contributed by atoms with Crippen molar-refractivity contribution in [3.8, 4) is 0 Å². The molecule has 1 atom stereocenters. The van der Waals surface area contributed by atoms with Gasteiger partial charge in [0, 0.05) is 12.0 Å². The highest BCUT2D eigenvalue weighted by molar-refractivity contribution is 6.41. The van der Waals surface area contributed by atoms with Gasteiger partial charge < -0.3 is 4.74 Å². The summed E-state index contributed by atoms with van der Waals surface area (Å²) in [5, 5.41) is 0. The molecule has 92 valence electrons. The molecule has 0 spiro atoms. The van der Waals surface area contributed by atoms with Gasteiger partial charge in [0.1, 0.15) is 6.17 Å². The van der Waals surface area contributed by atoms with Crippen LogP contribution in [0.2, 0.25) is 0 Å². The number of ketones is 1. The Balaban J connectivity index is 2.96. The molecule has 0 aliphatic heterocycles. The summed E-state index contributed by atoms with van der Waals surface area (Å²) in [4.78, 5) is 23.1. The largest absolute Gasteiger partial charge is 0.460 e. The van der Waals surface area contributed by atoms with E-state index in [0.717, 1.165) is 0 Å². The maximum absolute atomic E-state index is 13.0. The zero-order valence-corrected chi connectivity index (χ0v) is 9.90. The number of rotatable bonds is 5. The minimum atomic E-state index is -1.06. The standard InChI is InChI=1S/C13H15FO3/c1-3-17-13(16)12(15)11-7-5-4-6-10(11)8-9(2)14/h4-7,9H,3,8H2,1-2H3. The van der Waals surface area contributed by atoms with E-state index in [9.17, 15) is 14.0 Å². The number of halogens is 1. The van der Waals surface area contributed by atoms with E-state index in [2.05, 4.69) is 4.74 Å². The van der Waals surface area contributed by atoms with Gasteiger partial charge >= 0.3 is 5.97 Å². The first-order chi connectivity index (χ1) is 8.06. The third kappa shape index (κ3) is 3.66. The lowest BCUT2D eigenvalue weighted by molar-refractivity contribution is -0.137. The SMILES string of the molecule is CCOC(=O)C(=O)c1ccccc1CC(C)F. The highest BCUT2D eigenvalue weighted by Crippen LogP contribution is 2.14. The molecule has 0 saturated carbocycles. The van der Waals surface area contributed by atoms with Gasteiger partial charge in [0.15, 0.2) is 0 Å². The second-order valence-corrected chi connectivity index (χ2v) is 3.69. The Hall–Kier alpha value is -1.71. The van der Waals surface area contributed by atoms with Crippen molar-refractivity contribution >= 4 is 11.8 Å². The number of hydrogen-bond donors (Lipinski definition) is 0. The predicted molar refractivity (Wildman–Crippen MR) is 61.7 cm³/mol. The van der Waals surface area contributed by atoms with E-state index in [4.69, 9.17) is 0 Å². The van der Waals surface area contributed by atoms with Gasteiger partial charge in [0.05, 0.1) is 6.61 Å². The smallest absolute Gasteiger partial charge is 0.379 e. The Morgan fingerprint density at radius 2 is 2.00 bits per heavy atom. The lowest BCUT2D eigenvalue weighted by Gasteiger charge is -2.08. The molecule has 1 unspecified atom stereocenters. The summed E-state index contributed by atoms with van der Waals surface area (Å²) < 4.78 is 17.6. The molecule has 4 heteroatoms. The quantitative estimate of drug-likeness (QED) is 0.449. The first-order valence-electron chi connectivity index (χ1n) is 5.49. The van der Waals surface area contributed by atoms with Crippen LogP contribution in [0, 0.1) is 0 Å². The number of Topliss-reactive ketones (excluding diaryl/α,β-unsaturated/α-hetero) is 1. The lowest BCUT2D eigenvalue weighted by Crippen LogP contribution is -2.19. The summed E-state index contributed by atoms with van der Waals surface area (Å²) in [5.74, 6) is -1.62. The minimum absolute atomic E-state index is 0.112. The van der Waals surface area contributed by atoms with E-state index in [1.807, 2.05) is 0 Å². The molecule has 0 amide bonds. The number of carbonyl (C=O) groups excluding carboxylic acids is 2. The van der Waals surface area contributed by atoms with Gasteiger partial charge in [-0.25, -0.2) is 9.18 Å². The van der Waals surface area contributed by atoms with E-state index >= 15 is 0 Å². The van der Waals surface area contributed by atoms with Crippen molar-refractivity contribution in [1.29, 1.82) is 0 Å². The molecule has 0 saturated heterocycles. The zero-order valence-electron chi connectivity index (χ0n) is 9.90. The fourth-order valence-electron chi connectivity index (χ4n) is 1.53. The number of alkyl halides is 1. The normalized spacial score (nSPS) is 11.9. The van der Waals surface area contributed by atoms with Crippen molar-refractivity contribution in [1.82, 2.24) is 0 Å². The molecule has 1 rings (SSSR count). The number of carbonyl (C=O) groups is 2. The van der Waals surface area contributed by atoms with E-state index in [0.29, 0.717) is 5.56 Å². The second kappa shape index (κ2) is 6.13. The Labute approximate surface area is 99.6 Å². The number of ether oxygens (including phenoxy) is 1. The Bertz CT molecular complexity index is 413. The summed E-state index contributed by atoms with van der Waals surface area (Å²) in [6.45, 7) is 3.18. The number of benzene rings is 1. The molecule has 0 bridgehead atoms. The maximum atomic E-state index is 13.0. The Morgan fingerprint density at radius 3 is 2.59 bits per heavy atom. The molecule has 0 aliphatic carbocycles. The van der Waals surface area contributed by atoms with Crippen LogP contribution in [0.15, 0.2) is 24.3 Å². The van der Waals surface area contributed by atoms with Crippen molar-refractivity contribution in [2.45, 2.75) is 26.4 Å². The zero-order chi connectivity index (χ0) is 12.8. The topological polar surface area (TPSA) is 43.4 Å². The van der Waals surface area contributed by atoms with Crippen molar-refractivity contribution < 1.29 is 18.7 Å². The fourth-order valence-corrected chi connectivity index (χ4v) is 1.53. The monoisotopic (exact) mass is 238 g/mol.